The smallest absolute Gasteiger partial charge is 0.134 e. The highest BCUT2D eigenvalue weighted by molar-refractivity contribution is 5.48. The number of rotatable bonds is 3. The number of aliphatic hydroxyl groups excluding tert-OH is 1. The second-order valence-electron chi connectivity index (χ2n) is 4.12. The standard InChI is InChI=1S/C11H18N4O/c1-12-10-6-11(14-8-13-10)15-4-2-9(7-16)3-5-15/h6,8-9,16H,2-5,7H2,1H3,(H,12,13,14). The van der Waals surface area contributed by atoms with E-state index in [0.29, 0.717) is 12.5 Å². The lowest BCUT2D eigenvalue weighted by Gasteiger charge is -2.31. The van der Waals surface area contributed by atoms with Gasteiger partial charge in [0.2, 0.25) is 0 Å². The number of hydrogen-bond donors (Lipinski definition) is 2. The lowest BCUT2D eigenvalue weighted by atomic mass is 9.98. The van der Waals surface area contributed by atoms with E-state index in [0.717, 1.165) is 37.6 Å². The molecule has 0 saturated carbocycles. The number of nitrogens with one attached hydrogen (secondary N) is 1. The van der Waals surface area contributed by atoms with Crippen LogP contribution in [0.25, 0.3) is 0 Å². The molecule has 2 N–H and O–H groups in total. The Bertz CT molecular complexity index is 337. The summed E-state index contributed by atoms with van der Waals surface area (Å²) in [5.74, 6) is 2.27. The van der Waals surface area contributed by atoms with Gasteiger partial charge in [0.1, 0.15) is 18.0 Å². The van der Waals surface area contributed by atoms with Crippen LogP contribution in [0.5, 0.6) is 0 Å². The van der Waals surface area contributed by atoms with Crippen LogP contribution in [0.3, 0.4) is 0 Å². The molecular formula is C11H18N4O. The van der Waals surface area contributed by atoms with Crippen LogP contribution >= 0.6 is 0 Å². The van der Waals surface area contributed by atoms with Crippen LogP contribution < -0.4 is 10.2 Å². The monoisotopic (exact) mass is 222 g/mol. The van der Waals surface area contributed by atoms with Crippen molar-refractivity contribution >= 4 is 11.6 Å². The lowest BCUT2D eigenvalue weighted by Crippen LogP contribution is -2.35. The van der Waals surface area contributed by atoms with Gasteiger partial charge in [-0.3, -0.25) is 0 Å². The molecule has 0 radical (unpaired) electrons. The van der Waals surface area contributed by atoms with Gasteiger partial charge in [0.25, 0.3) is 0 Å². The van der Waals surface area contributed by atoms with E-state index in [4.69, 9.17) is 5.11 Å². The molecule has 5 nitrogen and oxygen atoms in total. The number of aromatic nitrogens is 2. The van der Waals surface area contributed by atoms with Crippen LogP contribution in [0, 0.1) is 5.92 Å². The Balaban J connectivity index is 2.02. The van der Waals surface area contributed by atoms with E-state index in [9.17, 15) is 0 Å². The molecule has 0 amide bonds. The summed E-state index contributed by atoms with van der Waals surface area (Å²) < 4.78 is 0. The molecule has 16 heavy (non-hydrogen) atoms. The van der Waals surface area contributed by atoms with Crippen LogP contribution in [0.15, 0.2) is 12.4 Å². The average Bonchev–Trinajstić information content (AvgIpc) is 2.39. The Hall–Kier alpha value is -1.36. The molecule has 1 aliphatic rings. The van der Waals surface area contributed by atoms with Gasteiger partial charge in [0.05, 0.1) is 0 Å². The van der Waals surface area contributed by atoms with E-state index in [1.54, 1.807) is 6.33 Å². The van der Waals surface area contributed by atoms with Gasteiger partial charge in [-0.25, -0.2) is 9.97 Å². The molecule has 0 aromatic carbocycles. The number of anilines is 2. The molecule has 2 heterocycles. The predicted octanol–water partition coefficient (Wildman–Crippen LogP) is 0.727. The summed E-state index contributed by atoms with van der Waals surface area (Å²) in [6, 6.07) is 1.96. The zero-order valence-corrected chi connectivity index (χ0v) is 9.56. The minimum absolute atomic E-state index is 0.305. The van der Waals surface area contributed by atoms with Gasteiger partial charge in [-0.1, -0.05) is 0 Å². The van der Waals surface area contributed by atoms with Gasteiger partial charge in [0.15, 0.2) is 0 Å². The molecule has 0 spiro atoms. The molecule has 1 saturated heterocycles. The first-order chi connectivity index (χ1) is 7.83. The van der Waals surface area contributed by atoms with Crippen molar-refractivity contribution in [2.75, 3.05) is 37.0 Å². The van der Waals surface area contributed by atoms with Crippen molar-refractivity contribution in [3.8, 4) is 0 Å². The summed E-state index contributed by atoms with van der Waals surface area (Å²) in [6.45, 7) is 2.23. The van der Waals surface area contributed by atoms with Gasteiger partial charge in [-0.15, -0.1) is 0 Å². The Labute approximate surface area is 95.5 Å². The number of nitrogens with zero attached hydrogens (tertiary/aromatic N) is 3. The fourth-order valence-electron chi connectivity index (χ4n) is 2.00. The van der Waals surface area contributed by atoms with Crippen molar-refractivity contribution in [2.45, 2.75) is 12.8 Å². The highest BCUT2D eigenvalue weighted by Crippen LogP contribution is 2.22. The van der Waals surface area contributed by atoms with E-state index in [1.807, 2.05) is 13.1 Å². The number of hydrogen-bond acceptors (Lipinski definition) is 5. The van der Waals surface area contributed by atoms with Gasteiger partial charge >= 0.3 is 0 Å². The summed E-state index contributed by atoms with van der Waals surface area (Å²) in [5.41, 5.74) is 0. The maximum Gasteiger partial charge on any atom is 0.134 e. The van der Waals surface area contributed by atoms with Crippen molar-refractivity contribution in [2.24, 2.45) is 5.92 Å². The molecule has 0 unspecified atom stereocenters. The average molecular weight is 222 g/mol. The topological polar surface area (TPSA) is 61.3 Å². The van der Waals surface area contributed by atoms with Crippen LogP contribution in [-0.2, 0) is 0 Å². The van der Waals surface area contributed by atoms with E-state index >= 15 is 0 Å². The molecular weight excluding hydrogens is 204 g/mol. The highest BCUT2D eigenvalue weighted by Gasteiger charge is 2.19. The van der Waals surface area contributed by atoms with E-state index < -0.39 is 0 Å². The highest BCUT2D eigenvalue weighted by atomic mass is 16.3. The summed E-state index contributed by atoms with van der Waals surface area (Å²) >= 11 is 0. The second-order valence-corrected chi connectivity index (χ2v) is 4.12. The third-order valence-electron chi connectivity index (χ3n) is 3.11. The first-order valence-electron chi connectivity index (χ1n) is 5.69. The molecule has 0 bridgehead atoms. The number of aliphatic hydroxyl groups is 1. The summed E-state index contributed by atoms with van der Waals surface area (Å²) in [5, 5.41) is 12.1. The minimum atomic E-state index is 0.305. The second kappa shape index (κ2) is 5.12. The molecule has 2 rings (SSSR count). The Morgan fingerprint density at radius 1 is 1.44 bits per heavy atom. The van der Waals surface area contributed by atoms with Gasteiger partial charge in [0, 0.05) is 32.8 Å². The molecule has 1 aliphatic heterocycles. The van der Waals surface area contributed by atoms with Crippen molar-refractivity contribution in [3.63, 3.8) is 0 Å². The lowest BCUT2D eigenvalue weighted by molar-refractivity contribution is 0.203. The zero-order chi connectivity index (χ0) is 11.4. The quantitative estimate of drug-likeness (QED) is 0.789. The first kappa shape index (κ1) is 11.1. The molecule has 88 valence electrons. The Morgan fingerprint density at radius 2 is 2.19 bits per heavy atom. The van der Waals surface area contributed by atoms with Gasteiger partial charge in [-0.2, -0.15) is 0 Å². The fourth-order valence-corrected chi connectivity index (χ4v) is 2.00. The van der Waals surface area contributed by atoms with Crippen LogP contribution in [-0.4, -0.2) is 41.8 Å². The van der Waals surface area contributed by atoms with Gasteiger partial charge in [-0.05, 0) is 18.8 Å². The van der Waals surface area contributed by atoms with Crippen LogP contribution in [0.1, 0.15) is 12.8 Å². The van der Waals surface area contributed by atoms with Crippen LogP contribution in [0.2, 0.25) is 0 Å². The van der Waals surface area contributed by atoms with Crippen molar-refractivity contribution in [1.82, 2.24) is 9.97 Å². The Morgan fingerprint density at radius 3 is 2.81 bits per heavy atom. The van der Waals surface area contributed by atoms with E-state index in [1.165, 1.54) is 0 Å². The van der Waals surface area contributed by atoms with E-state index in [-0.39, 0.29) is 0 Å². The molecule has 5 heteroatoms. The van der Waals surface area contributed by atoms with E-state index in [2.05, 4.69) is 20.2 Å². The summed E-state index contributed by atoms with van der Waals surface area (Å²) in [6.07, 6.45) is 3.66. The minimum Gasteiger partial charge on any atom is -0.396 e. The third-order valence-corrected chi connectivity index (χ3v) is 3.11. The third kappa shape index (κ3) is 2.41. The summed E-state index contributed by atoms with van der Waals surface area (Å²) in [7, 11) is 1.85. The normalized spacial score (nSPS) is 17.5. The molecule has 0 atom stereocenters. The molecule has 1 aromatic rings. The van der Waals surface area contributed by atoms with Crippen molar-refractivity contribution in [1.29, 1.82) is 0 Å². The number of piperidine rings is 1. The first-order valence-corrected chi connectivity index (χ1v) is 5.69. The van der Waals surface area contributed by atoms with Crippen molar-refractivity contribution in [3.05, 3.63) is 12.4 Å². The van der Waals surface area contributed by atoms with Gasteiger partial charge < -0.3 is 15.3 Å². The summed E-state index contributed by atoms with van der Waals surface area (Å²) in [4.78, 5) is 10.6. The zero-order valence-electron chi connectivity index (χ0n) is 9.56. The maximum absolute atomic E-state index is 9.08. The molecule has 1 fully saturated rings. The Kier molecular flexibility index (Phi) is 3.56. The SMILES string of the molecule is CNc1cc(N2CCC(CO)CC2)ncn1. The molecule has 1 aromatic heterocycles. The molecule has 0 aliphatic carbocycles. The van der Waals surface area contributed by atoms with Crippen LogP contribution in [0.4, 0.5) is 11.6 Å². The maximum atomic E-state index is 9.08. The fraction of sp³-hybridized carbons (Fsp3) is 0.636. The largest absolute Gasteiger partial charge is 0.396 e. The predicted molar refractivity (Wildman–Crippen MR) is 63.6 cm³/mol. The van der Waals surface area contributed by atoms with Crippen molar-refractivity contribution < 1.29 is 5.11 Å².